The van der Waals surface area contributed by atoms with E-state index in [1.807, 2.05) is 44.9 Å². The number of hydrogen-bond donors (Lipinski definition) is 2. The molecule has 2 N–H and O–H groups in total. The fraction of sp³-hybridized carbons (Fsp3) is 0.500. The number of aromatic nitrogens is 2. The Balaban J connectivity index is 0.00000392. The molecule has 156 valence electrons. The van der Waals surface area contributed by atoms with Gasteiger partial charge in [0.2, 0.25) is 0 Å². The topological polar surface area (TPSA) is 66.7 Å². The molecule has 0 aliphatic carbocycles. The van der Waals surface area contributed by atoms with E-state index in [0.29, 0.717) is 19.7 Å². The number of likely N-dealkylation sites (N-methyl/N-ethyl adjacent to an activating group) is 1. The smallest absolute Gasteiger partial charge is 0.191 e. The number of halogens is 1. The van der Waals surface area contributed by atoms with E-state index in [1.54, 1.807) is 7.05 Å². The van der Waals surface area contributed by atoms with Gasteiger partial charge >= 0.3 is 0 Å². The van der Waals surface area contributed by atoms with Crippen molar-refractivity contribution in [1.82, 2.24) is 25.3 Å². The van der Waals surface area contributed by atoms with Gasteiger partial charge in [0.1, 0.15) is 12.4 Å². The summed E-state index contributed by atoms with van der Waals surface area (Å²) >= 11 is 0. The van der Waals surface area contributed by atoms with Gasteiger partial charge in [-0.25, -0.2) is 0 Å². The fourth-order valence-electron chi connectivity index (χ4n) is 2.74. The van der Waals surface area contributed by atoms with E-state index in [1.165, 1.54) is 5.56 Å². The molecule has 28 heavy (non-hydrogen) atoms. The molecule has 0 saturated heterocycles. The second-order valence-electron chi connectivity index (χ2n) is 6.85. The highest BCUT2D eigenvalue weighted by atomic mass is 127. The van der Waals surface area contributed by atoms with Crippen LogP contribution in [0, 0.1) is 13.8 Å². The number of rotatable bonds is 8. The van der Waals surface area contributed by atoms with Crippen molar-refractivity contribution in [2.24, 2.45) is 12.0 Å². The summed E-state index contributed by atoms with van der Waals surface area (Å²) in [5.74, 6) is 1.65. The molecule has 1 heterocycles. The van der Waals surface area contributed by atoms with Gasteiger partial charge in [-0.1, -0.05) is 12.1 Å². The highest BCUT2D eigenvalue weighted by Gasteiger charge is 2.09. The third-order valence-corrected chi connectivity index (χ3v) is 4.48. The van der Waals surface area contributed by atoms with E-state index in [0.717, 1.165) is 35.2 Å². The van der Waals surface area contributed by atoms with Crippen molar-refractivity contribution in [3.8, 4) is 5.75 Å². The Morgan fingerprint density at radius 3 is 2.54 bits per heavy atom. The zero-order valence-corrected chi connectivity index (χ0v) is 20.1. The highest BCUT2D eigenvalue weighted by Crippen LogP contribution is 2.13. The molecule has 0 amide bonds. The number of benzene rings is 1. The second kappa shape index (κ2) is 11.9. The van der Waals surface area contributed by atoms with E-state index >= 15 is 0 Å². The van der Waals surface area contributed by atoms with Gasteiger partial charge < -0.3 is 20.3 Å². The lowest BCUT2D eigenvalue weighted by atomic mass is 10.2. The normalized spacial score (nSPS) is 11.3. The third kappa shape index (κ3) is 7.31. The standard InChI is InChI=1S/C20H32N6O.HI/c1-15-19(16(2)26(6)24-15)14-23-20(21-3)22-13-17-8-7-9-18(12-17)27-11-10-25(4)5;/h7-9,12H,10-11,13-14H2,1-6H3,(H2,21,22,23);1H. The minimum Gasteiger partial charge on any atom is -0.492 e. The molecule has 7 nitrogen and oxygen atoms in total. The summed E-state index contributed by atoms with van der Waals surface area (Å²) in [5, 5.41) is 11.2. The first-order valence-corrected chi connectivity index (χ1v) is 9.20. The third-order valence-electron chi connectivity index (χ3n) is 4.48. The number of aliphatic imine (C=N–C) groups is 1. The zero-order valence-electron chi connectivity index (χ0n) is 17.7. The monoisotopic (exact) mass is 500 g/mol. The number of ether oxygens (including phenoxy) is 1. The first-order chi connectivity index (χ1) is 12.9. The first-order valence-electron chi connectivity index (χ1n) is 9.20. The van der Waals surface area contributed by atoms with E-state index in [4.69, 9.17) is 4.74 Å². The van der Waals surface area contributed by atoms with Crippen molar-refractivity contribution >= 4 is 29.9 Å². The van der Waals surface area contributed by atoms with Crippen LogP contribution in [0.2, 0.25) is 0 Å². The summed E-state index contributed by atoms with van der Waals surface area (Å²) in [6.45, 7) is 7.05. The van der Waals surface area contributed by atoms with Crippen LogP contribution in [-0.2, 0) is 20.1 Å². The molecular weight excluding hydrogens is 467 g/mol. The van der Waals surface area contributed by atoms with Gasteiger partial charge in [-0.15, -0.1) is 24.0 Å². The summed E-state index contributed by atoms with van der Waals surface area (Å²) < 4.78 is 7.71. The Kier molecular flexibility index (Phi) is 10.3. The van der Waals surface area contributed by atoms with Crippen molar-refractivity contribution in [2.75, 3.05) is 34.3 Å². The number of hydrogen-bond acceptors (Lipinski definition) is 4. The average molecular weight is 500 g/mol. The minimum absolute atomic E-state index is 0. The molecule has 1 aromatic heterocycles. The maximum absolute atomic E-state index is 5.80. The Morgan fingerprint density at radius 2 is 1.93 bits per heavy atom. The van der Waals surface area contributed by atoms with Crippen LogP contribution in [0.5, 0.6) is 5.75 Å². The maximum Gasteiger partial charge on any atom is 0.191 e. The lowest BCUT2D eigenvalue weighted by Crippen LogP contribution is -2.36. The predicted octanol–water partition coefficient (Wildman–Crippen LogP) is 2.46. The number of nitrogens with zero attached hydrogens (tertiary/aromatic N) is 4. The quantitative estimate of drug-likeness (QED) is 0.331. The van der Waals surface area contributed by atoms with Crippen molar-refractivity contribution < 1.29 is 4.74 Å². The molecule has 0 bridgehead atoms. The van der Waals surface area contributed by atoms with Crippen molar-refractivity contribution in [2.45, 2.75) is 26.9 Å². The molecule has 2 rings (SSSR count). The van der Waals surface area contributed by atoms with Crippen LogP contribution >= 0.6 is 24.0 Å². The van der Waals surface area contributed by atoms with Gasteiger partial charge in [0.25, 0.3) is 0 Å². The van der Waals surface area contributed by atoms with Crippen molar-refractivity contribution in [3.63, 3.8) is 0 Å². The van der Waals surface area contributed by atoms with Crippen molar-refractivity contribution in [1.29, 1.82) is 0 Å². The highest BCUT2D eigenvalue weighted by molar-refractivity contribution is 14.0. The molecule has 0 atom stereocenters. The Hall–Kier alpha value is -1.81. The number of nitrogens with one attached hydrogen (secondary N) is 2. The average Bonchev–Trinajstić information content (AvgIpc) is 2.87. The number of aryl methyl sites for hydroxylation is 2. The van der Waals surface area contributed by atoms with Gasteiger partial charge in [0.15, 0.2) is 5.96 Å². The summed E-state index contributed by atoms with van der Waals surface area (Å²) in [4.78, 5) is 6.41. The van der Waals surface area contributed by atoms with E-state index in [2.05, 4.69) is 44.7 Å². The summed E-state index contributed by atoms with van der Waals surface area (Å²) in [7, 11) is 7.82. The lowest BCUT2D eigenvalue weighted by Gasteiger charge is -2.14. The molecule has 8 heteroatoms. The molecule has 0 unspecified atom stereocenters. The molecular formula is C20H33IN6O. The van der Waals surface area contributed by atoms with Gasteiger partial charge in [-0.2, -0.15) is 5.10 Å². The van der Waals surface area contributed by atoms with Crippen LogP contribution < -0.4 is 15.4 Å². The van der Waals surface area contributed by atoms with E-state index in [9.17, 15) is 0 Å². The summed E-state index contributed by atoms with van der Waals surface area (Å²) in [5.41, 5.74) is 4.56. The molecule has 0 aliphatic rings. The molecule has 0 fully saturated rings. The zero-order chi connectivity index (χ0) is 19.8. The van der Waals surface area contributed by atoms with Crippen LogP contribution in [0.15, 0.2) is 29.3 Å². The molecule has 0 spiro atoms. The molecule has 0 saturated carbocycles. The maximum atomic E-state index is 5.80. The summed E-state index contributed by atoms with van der Waals surface area (Å²) in [6.07, 6.45) is 0. The van der Waals surface area contributed by atoms with Gasteiger partial charge in [0.05, 0.1) is 5.69 Å². The van der Waals surface area contributed by atoms with Crippen LogP contribution in [0.3, 0.4) is 0 Å². The molecule has 0 aliphatic heterocycles. The predicted molar refractivity (Wildman–Crippen MR) is 126 cm³/mol. The Labute approximate surface area is 185 Å². The molecule has 2 aromatic rings. The minimum atomic E-state index is 0. The van der Waals surface area contributed by atoms with Crippen LogP contribution in [0.25, 0.3) is 0 Å². The first kappa shape index (κ1) is 24.2. The molecule has 1 aromatic carbocycles. The summed E-state index contributed by atoms with van der Waals surface area (Å²) in [6, 6.07) is 8.14. The second-order valence-corrected chi connectivity index (χ2v) is 6.85. The Morgan fingerprint density at radius 1 is 1.21 bits per heavy atom. The van der Waals surface area contributed by atoms with Crippen LogP contribution in [0.1, 0.15) is 22.5 Å². The largest absolute Gasteiger partial charge is 0.492 e. The van der Waals surface area contributed by atoms with E-state index < -0.39 is 0 Å². The van der Waals surface area contributed by atoms with Gasteiger partial charge in [-0.05, 0) is 45.6 Å². The lowest BCUT2D eigenvalue weighted by molar-refractivity contribution is 0.261. The Bertz CT molecular complexity index is 772. The number of guanidine groups is 1. The van der Waals surface area contributed by atoms with Crippen LogP contribution in [0.4, 0.5) is 0 Å². The fourth-order valence-corrected chi connectivity index (χ4v) is 2.74. The van der Waals surface area contributed by atoms with Gasteiger partial charge in [-0.3, -0.25) is 9.67 Å². The van der Waals surface area contributed by atoms with Crippen LogP contribution in [-0.4, -0.2) is 54.9 Å². The SMILES string of the molecule is CN=C(NCc1cccc(OCCN(C)C)c1)NCc1c(C)nn(C)c1C.I. The van der Waals surface area contributed by atoms with Gasteiger partial charge in [0, 0.05) is 45.0 Å². The van der Waals surface area contributed by atoms with E-state index in [-0.39, 0.29) is 24.0 Å². The van der Waals surface area contributed by atoms with Crippen molar-refractivity contribution in [3.05, 3.63) is 46.8 Å². The molecule has 0 radical (unpaired) electrons.